The van der Waals surface area contributed by atoms with Crippen LogP contribution in [0.1, 0.15) is 31.9 Å². The number of anilines is 1. The number of carbonyl (C=O) groups excluding carboxylic acids is 1. The zero-order chi connectivity index (χ0) is 21.6. The number of oxazole rings is 1. The standard InChI is InChI=1S/C24H24N4O3/c1-24(2)12-17-20(18(29)13-24)21(14-7-6-8-15(11-14)30-3)27-22(25-17)28-23-26-16-9-4-5-10-19(16)31-23/h4-12,20-21H,13H2,1-3H3,(H2,25,26,27,28)/t20-,21-/m1/s1. The molecule has 1 aromatic heterocycles. The van der Waals surface area contributed by atoms with Gasteiger partial charge in [0.2, 0.25) is 5.96 Å². The number of guanidine groups is 1. The van der Waals surface area contributed by atoms with Crippen molar-refractivity contribution in [3.05, 3.63) is 65.9 Å². The fraction of sp³-hybridized carbons (Fsp3) is 0.292. The third-order valence-electron chi connectivity index (χ3n) is 5.66. The average molecular weight is 416 g/mol. The predicted molar refractivity (Wildman–Crippen MR) is 119 cm³/mol. The summed E-state index contributed by atoms with van der Waals surface area (Å²) in [5, 5.41) is 6.46. The van der Waals surface area contributed by atoms with E-state index in [2.05, 4.69) is 35.5 Å². The summed E-state index contributed by atoms with van der Waals surface area (Å²) in [5.41, 5.74) is 2.99. The van der Waals surface area contributed by atoms with Crippen LogP contribution in [0.4, 0.5) is 6.01 Å². The van der Waals surface area contributed by atoms with Crippen molar-refractivity contribution >= 4 is 28.9 Å². The molecule has 0 unspecified atom stereocenters. The zero-order valence-corrected chi connectivity index (χ0v) is 17.7. The second kappa shape index (κ2) is 7.27. The van der Waals surface area contributed by atoms with Crippen LogP contribution in [0.2, 0.25) is 0 Å². The number of Topliss-reactive ketones (excluding diaryl/α,β-unsaturated/α-hetero) is 1. The number of hydrogen-bond acceptors (Lipinski definition) is 7. The second-order valence-corrected chi connectivity index (χ2v) is 8.64. The quantitative estimate of drug-likeness (QED) is 0.656. The molecule has 1 aliphatic heterocycles. The average Bonchev–Trinajstić information content (AvgIpc) is 3.14. The largest absolute Gasteiger partial charge is 0.497 e. The summed E-state index contributed by atoms with van der Waals surface area (Å²) >= 11 is 0. The van der Waals surface area contributed by atoms with E-state index in [0.717, 1.165) is 22.5 Å². The fourth-order valence-electron chi connectivity index (χ4n) is 4.32. The third-order valence-corrected chi connectivity index (χ3v) is 5.66. The van der Waals surface area contributed by atoms with Gasteiger partial charge < -0.3 is 14.5 Å². The van der Waals surface area contributed by atoms with E-state index in [1.165, 1.54) is 0 Å². The first kappa shape index (κ1) is 19.4. The minimum atomic E-state index is -0.377. The molecule has 5 rings (SSSR count). The summed E-state index contributed by atoms with van der Waals surface area (Å²) in [6.45, 7) is 4.13. The highest BCUT2D eigenvalue weighted by Gasteiger charge is 2.42. The molecule has 0 fully saturated rings. The highest BCUT2D eigenvalue weighted by Crippen LogP contribution is 2.43. The van der Waals surface area contributed by atoms with Crippen LogP contribution >= 0.6 is 0 Å². The van der Waals surface area contributed by atoms with E-state index in [1.807, 2.05) is 48.5 Å². The molecule has 3 aromatic rings. The Kier molecular flexibility index (Phi) is 4.54. The van der Waals surface area contributed by atoms with Crippen molar-refractivity contribution in [3.8, 4) is 5.75 Å². The number of ether oxygens (including phenoxy) is 1. The lowest BCUT2D eigenvalue weighted by Crippen LogP contribution is -2.45. The number of allylic oxidation sites excluding steroid dienone is 1. The molecule has 7 nitrogen and oxygen atoms in total. The Balaban J connectivity index is 1.56. The summed E-state index contributed by atoms with van der Waals surface area (Å²) in [5.74, 6) is 1.03. The van der Waals surface area contributed by atoms with E-state index in [-0.39, 0.29) is 23.2 Å². The van der Waals surface area contributed by atoms with Gasteiger partial charge in [-0.3, -0.25) is 10.1 Å². The molecule has 2 aliphatic rings. The number of ketones is 1. The highest BCUT2D eigenvalue weighted by molar-refractivity contribution is 5.98. The van der Waals surface area contributed by atoms with Crippen LogP contribution in [0.15, 0.2) is 69.7 Å². The van der Waals surface area contributed by atoms with Crippen molar-refractivity contribution in [2.75, 3.05) is 12.4 Å². The number of aliphatic imine (C=N–C) groups is 1. The van der Waals surface area contributed by atoms with Crippen molar-refractivity contribution in [1.29, 1.82) is 0 Å². The molecular weight excluding hydrogens is 392 g/mol. The number of aromatic nitrogens is 1. The van der Waals surface area contributed by atoms with Gasteiger partial charge in [0.25, 0.3) is 0 Å². The number of para-hydroxylation sites is 2. The number of benzene rings is 2. The van der Waals surface area contributed by atoms with Crippen molar-refractivity contribution in [2.24, 2.45) is 16.3 Å². The number of nitrogens with zero attached hydrogens (tertiary/aromatic N) is 2. The van der Waals surface area contributed by atoms with Gasteiger partial charge in [-0.25, -0.2) is 4.99 Å². The Morgan fingerprint density at radius 3 is 2.84 bits per heavy atom. The number of fused-ring (bicyclic) bond motifs is 2. The van der Waals surface area contributed by atoms with Crippen LogP contribution in [0, 0.1) is 11.3 Å². The molecule has 0 bridgehead atoms. The lowest BCUT2D eigenvalue weighted by molar-refractivity contribution is -0.124. The Hall–Kier alpha value is -3.61. The van der Waals surface area contributed by atoms with Crippen LogP contribution in [0.5, 0.6) is 5.75 Å². The molecule has 31 heavy (non-hydrogen) atoms. The first-order valence-corrected chi connectivity index (χ1v) is 10.3. The number of nitrogens with one attached hydrogen (secondary N) is 2. The highest BCUT2D eigenvalue weighted by atomic mass is 16.5. The van der Waals surface area contributed by atoms with Gasteiger partial charge >= 0.3 is 6.01 Å². The summed E-state index contributed by atoms with van der Waals surface area (Å²) in [4.78, 5) is 22.5. The lowest BCUT2D eigenvalue weighted by Gasteiger charge is -2.38. The van der Waals surface area contributed by atoms with Gasteiger partial charge in [-0.1, -0.05) is 44.2 Å². The lowest BCUT2D eigenvalue weighted by atomic mass is 9.72. The smallest absolute Gasteiger partial charge is 0.302 e. The molecule has 158 valence electrons. The summed E-state index contributed by atoms with van der Waals surface area (Å²) in [6, 6.07) is 15.2. The van der Waals surface area contributed by atoms with Gasteiger partial charge in [-0.2, -0.15) is 4.98 Å². The minimum absolute atomic E-state index is 0.174. The van der Waals surface area contributed by atoms with Gasteiger partial charge in [0.15, 0.2) is 5.58 Å². The zero-order valence-electron chi connectivity index (χ0n) is 17.7. The maximum absolute atomic E-state index is 13.1. The Morgan fingerprint density at radius 1 is 1.19 bits per heavy atom. The van der Waals surface area contributed by atoms with E-state index in [9.17, 15) is 4.79 Å². The molecule has 0 radical (unpaired) electrons. The van der Waals surface area contributed by atoms with Crippen molar-refractivity contribution < 1.29 is 13.9 Å². The third kappa shape index (κ3) is 3.67. The van der Waals surface area contributed by atoms with Gasteiger partial charge in [0, 0.05) is 12.1 Å². The molecule has 1 aliphatic carbocycles. The topological polar surface area (TPSA) is 88.8 Å². The molecule has 0 amide bonds. The van der Waals surface area contributed by atoms with Crippen molar-refractivity contribution in [2.45, 2.75) is 26.3 Å². The van der Waals surface area contributed by atoms with Gasteiger partial charge in [0.1, 0.15) is 17.0 Å². The normalized spacial score (nSPS) is 22.2. The van der Waals surface area contributed by atoms with E-state index in [4.69, 9.17) is 14.1 Å². The molecule has 7 heteroatoms. The summed E-state index contributed by atoms with van der Waals surface area (Å²) in [6.07, 6.45) is 2.61. The van der Waals surface area contributed by atoms with E-state index in [1.54, 1.807) is 7.11 Å². The monoisotopic (exact) mass is 416 g/mol. The van der Waals surface area contributed by atoms with Crippen LogP contribution in [-0.2, 0) is 4.79 Å². The van der Waals surface area contributed by atoms with Crippen LogP contribution in [-0.4, -0.2) is 23.8 Å². The molecule has 2 N–H and O–H groups in total. The van der Waals surface area contributed by atoms with Gasteiger partial charge in [-0.15, -0.1) is 0 Å². The van der Waals surface area contributed by atoms with Gasteiger partial charge in [0.05, 0.1) is 19.1 Å². The first-order chi connectivity index (χ1) is 14.9. The molecule has 2 heterocycles. The van der Waals surface area contributed by atoms with Crippen molar-refractivity contribution in [3.63, 3.8) is 0 Å². The molecule has 0 spiro atoms. The van der Waals surface area contributed by atoms with E-state index >= 15 is 0 Å². The number of methoxy groups -OCH3 is 1. The van der Waals surface area contributed by atoms with Crippen molar-refractivity contribution in [1.82, 2.24) is 10.3 Å². The Morgan fingerprint density at radius 2 is 2.03 bits per heavy atom. The number of carbonyl (C=O) groups is 1. The molecule has 2 aromatic carbocycles. The molecule has 0 saturated carbocycles. The second-order valence-electron chi connectivity index (χ2n) is 8.64. The van der Waals surface area contributed by atoms with Gasteiger partial charge in [-0.05, 0) is 35.2 Å². The van der Waals surface area contributed by atoms with Crippen LogP contribution < -0.4 is 15.4 Å². The molecular formula is C24H24N4O3. The van der Waals surface area contributed by atoms with E-state index < -0.39 is 0 Å². The fourth-order valence-corrected chi connectivity index (χ4v) is 4.32. The molecule has 2 atom stereocenters. The maximum Gasteiger partial charge on any atom is 0.302 e. The van der Waals surface area contributed by atoms with E-state index in [0.29, 0.717) is 24.0 Å². The summed E-state index contributed by atoms with van der Waals surface area (Å²) < 4.78 is 11.2. The maximum atomic E-state index is 13.1. The number of rotatable bonds is 3. The number of hydrogen-bond donors (Lipinski definition) is 2. The predicted octanol–water partition coefficient (Wildman–Crippen LogP) is 4.45. The Bertz CT molecular complexity index is 1190. The molecule has 0 saturated heterocycles. The first-order valence-electron chi connectivity index (χ1n) is 10.3. The van der Waals surface area contributed by atoms with Crippen LogP contribution in [0.3, 0.4) is 0 Å². The minimum Gasteiger partial charge on any atom is -0.497 e. The van der Waals surface area contributed by atoms with Crippen LogP contribution in [0.25, 0.3) is 11.1 Å². The Labute approximate surface area is 180 Å². The summed E-state index contributed by atoms with van der Waals surface area (Å²) in [7, 11) is 1.63. The SMILES string of the molecule is COc1cccc([C@H]2N=C(Nc3nc4ccccc4o3)NC3=CC(C)(C)CC(=O)[C@@H]32)c1.